The quantitative estimate of drug-likeness (QED) is 0.839. The molecule has 0 aromatic heterocycles. The Bertz CT molecular complexity index is 470. The molecule has 0 spiro atoms. The average molecular weight is 263 g/mol. The minimum absolute atomic E-state index is 0.0690. The lowest BCUT2D eigenvalue weighted by Crippen LogP contribution is -2.48. The number of ether oxygens (including phenoxy) is 2. The summed E-state index contributed by atoms with van der Waals surface area (Å²) in [6, 6.07) is 7.61. The number of rotatable bonds is 3. The first kappa shape index (κ1) is 13.9. The second-order valence-corrected chi connectivity index (χ2v) is 5.48. The third-order valence-corrected chi connectivity index (χ3v) is 3.50. The molecule has 0 aliphatic carbocycles. The third kappa shape index (κ3) is 2.73. The Labute approximate surface area is 114 Å². The molecule has 0 saturated carbocycles. The Morgan fingerprint density at radius 1 is 1.47 bits per heavy atom. The molecule has 0 N–H and O–H groups in total. The van der Waals surface area contributed by atoms with E-state index in [1.54, 1.807) is 7.11 Å². The van der Waals surface area contributed by atoms with Gasteiger partial charge in [-0.15, -0.1) is 0 Å². The van der Waals surface area contributed by atoms with Crippen LogP contribution >= 0.6 is 0 Å². The van der Waals surface area contributed by atoms with Crippen LogP contribution in [0.2, 0.25) is 0 Å². The van der Waals surface area contributed by atoms with Crippen molar-refractivity contribution in [1.82, 2.24) is 4.90 Å². The van der Waals surface area contributed by atoms with Crippen LogP contribution in [0.15, 0.2) is 24.3 Å². The lowest BCUT2D eigenvalue weighted by Gasteiger charge is -2.32. The fraction of sp³-hybridized carbons (Fsp3) is 0.533. The molecule has 1 aromatic carbocycles. The first-order valence-electron chi connectivity index (χ1n) is 6.51. The zero-order valence-corrected chi connectivity index (χ0v) is 12.0. The van der Waals surface area contributed by atoms with Crippen molar-refractivity contribution >= 4 is 5.91 Å². The van der Waals surface area contributed by atoms with Crippen LogP contribution in [0.5, 0.6) is 5.75 Å². The van der Waals surface area contributed by atoms with Crippen molar-refractivity contribution < 1.29 is 14.3 Å². The van der Waals surface area contributed by atoms with E-state index in [-0.39, 0.29) is 17.7 Å². The maximum Gasteiger partial charge on any atom is 0.229 e. The van der Waals surface area contributed by atoms with E-state index in [1.165, 1.54) is 0 Å². The average Bonchev–Trinajstić information content (AvgIpc) is 2.64. The predicted octanol–water partition coefficient (Wildman–Crippen LogP) is 2.22. The fourth-order valence-electron chi connectivity index (χ4n) is 2.60. The number of hydrogen-bond acceptors (Lipinski definition) is 3. The molecule has 1 amide bonds. The molecular formula is C15H21NO3. The number of methoxy groups -OCH3 is 1. The number of hydrogen-bond donors (Lipinski definition) is 0. The second-order valence-electron chi connectivity index (χ2n) is 5.48. The van der Waals surface area contributed by atoms with Crippen LogP contribution in [0.3, 0.4) is 0 Å². The molecule has 4 heteroatoms. The molecule has 1 saturated heterocycles. The normalized spacial score (nSPS) is 21.5. The predicted molar refractivity (Wildman–Crippen MR) is 73.0 cm³/mol. The molecule has 19 heavy (non-hydrogen) atoms. The van der Waals surface area contributed by atoms with Gasteiger partial charge in [0.15, 0.2) is 0 Å². The molecule has 1 fully saturated rings. The summed E-state index contributed by atoms with van der Waals surface area (Å²) in [6.45, 7) is 6.54. The maximum absolute atomic E-state index is 12.5. The van der Waals surface area contributed by atoms with Gasteiger partial charge in [0, 0.05) is 5.56 Å². The van der Waals surface area contributed by atoms with Gasteiger partial charge in [-0.25, -0.2) is 0 Å². The van der Waals surface area contributed by atoms with Crippen molar-refractivity contribution in [2.75, 3.05) is 13.7 Å². The molecule has 104 valence electrons. The van der Waals surface area contributed by atoms with E-state index < -0.39 is 0 Å². The molecule has 1 heterocycles. The van der Waals surface area contributed by atoms with E-state index in [1.807, 2.05) is 49.9 Å². The van der Waals surface area contributed by atoms with Gasteiger partial charge < -0.3 is 14.4 Å². The lowest BCUT2D eigenvalue weighted by molar-refractivity contribution is -0.138. The Kier molecular flexibility index (Phi) is 3.80. The van der Waals surface area contributed by atoms with E-state index in [4.69, 9.17) is 9.47 Å². The van der Waals surface area contributed by atoms with Crippen molar-refractivity contribution in [3.8, 4) is 5.75 Å². The highest BCUT2D eigenvalue weighted by Crippen LogP contribution is 2.28. The van der Waals surface area contributed by atoms with Gasteiger partial charge in [0.25, 0.3) is 0 Å². The molecule has 1 unspecified atom stereocenters. The van der Waals surface area contributed by atoms with Crippen LogP contribution in [0.25, 0.3) is 0 Å². The van der Waals surface area contributed by atoms with Crippen LogP contribution < -0.4 is 4.74 Å². The van der Waals surface area contributed by atoms with E-state index in [2.05, 4.69) is 0 Å². The third-order valence-electron chi connectivity index (χ3n) is 3.50. The molecule has 1 aromatic rings. The van der Waals surface area contributed by atoms with E-state index in [9.17, 15) is 4.79 Å². The molecule has 4 nitrogen and oxygen atoms in total. The molecule has 1 aliphatic rings. The number of benzene rings is 1. The van der Waals surface area contributed by atoms with Gasteiger partial charge in [-0.05, 0) is 26.8 Å². The first-order chi connectivity index (χ1) is 8.95. The van der Waals surface area contributed by atoms with Gasteiger partial charge in [-0.2, -0.15) is 0 Å². The van der Waals surface area contributed by atoms with E-state index in [0.29, 0.717) is 13.0 Å². The Morgan fingerprint density at radius 3 is 2.74 bits per heavy atom. The van der Waals surface area contributed by atoms with Gasteiger partial charge in [0.1, 0.15) is 12.0 Å². The fourth-order valence-corrected chi connectivity index (χ4v) is 2.60. The van der Waals surface area contributed by atoms with Crippen molar-refractivity contribution in [2.45, 2.75) is 39.0 Å². The number of para-hydroxylation sites is 1. The summed E-state index contributed by atoms with van der Waals surface area (Å²) >= 11 is 0. The highest BCUT2D eigenvalue weighted by molar-refractivity contribution is 5.80. The van der Waals surface area contributed by atoms with Crippen LogP contribution in [0.4, 0.5) is 0 Å². The van der Waals surface area contributed by atoms with Crippen molar-refractivity contribution in [2.24, 2.45) is 0 Å². The van der Waals surface area contributed by atoms with Crippen molar-refractivity contribution in [3.05, 3.63) is 29.8 Å². The summed E-state index contributed by atoms with van der Waals surface area (Å²) in [6.07, 6.45) is 0.165. The molecule has 2 rings (SSSR count). The first-order valence-corrected chi connectivity index (χ1v) is 6.51. The van der Waals surface area contributed by atoms with Crippen LogP contribution in [0, 0.1) is 0 Å². The van der Waals surface area contributed by atoms with Gasteiger partial charge in [0.05, 0.1) is 25.7 Å². The number of carbonyl (C=O) groups is 1. The SMILES string of the molecule is COc1ccccc1CC(=O)N1C(C)OCC1(C)C. The Hall–Kier alpha value is -1.55. The molecule has 0 radical (unpaired) electrons. The molecule has 0 bridgehead atoms. The monoisotopic (exact) mass is 263 g/mol. The zero-order chi connectivity index (χ0) is 14.0. The summed E-state index contributed by atoms with van der Waals surface area (Å²) < 4.78 is 10.9. The van der Waals surface area contributed by atoms with E-state index in [0.717, 1.165) is 11.3 Å². The Balaban J connectivity index is 2.17. The second kappa shape index (κ2) is 5.21. The maximum atomic E-state index is 12.5. The largest absolute Gasteiger partial charge is 0.496 e. The van der Waals surface area contributed by atoms with Gasteiger partial charge in [-0.3, -0.25) is 4.79 Å². The van der Waals surface area contributed by atoms with Gasteiger partial charge in [0.2, 0.25) is 5.91 Å². The van der Waals surface area contributed by atoms with Crippen LogP contribution in [-0.2, 0) is 16.0 Å². The topological polar surface area (TPSA) is 38.8 Å². The minimum Gasteiger partial charge on any atom is -0.496 e. The summed E-state index contributed by atoms with van der Waals surface area (Å²) in [5, 5.41) is 0. The van der Waals surface area contributed by atoms with Crippen LogP contribution in [-0.4, -0.2) is 36.3 Å². The molecule has 1 atom stereocenters. The summed E-state index contributed by atoms with van der Waals surface area (Å²) in [5.74, 6) is 0.820. The summed E-state index contributed by atoms with van der Waals surface area (Å²) in [7, 11) is 1.62. The van der Waals surface area contributed by atoms with Crippen molar-refractivity contribution in [1.29, 1.82) is 0 Å². The van der Waals surface area contributed by atoms with E-state index >= 15 is 0 Å². The lowest BCUT2D eigenvalue weighted by atomic mass is 10.0. The highest BCUT2D eigenvalue weighted by atomic mass is 16.5. The van der Waals surface area contributed by atoms with Crippen molar-refractivity contribution in [3.63, 3.8) is 0 Å². The number of carbonyl (C=O) groups excluding carboxylic acids is 1. The number of nitrogens with zero attached hydrogens (tertiary/aromatic N) is 1. The minimum atomic E-state index is -0.251. The summed E-state index contributed by atoms with van der Waals surface area (Å²) in [5.41, 5.74) is 0.656. The summed E-state index contributed by atoms with van der Waals surface area (Å²) in [4.78, 5) is 14.3. The zero-order valence-electron chi connectivity index (χ0n) is 12.0. The Morgan fingerprint density at radius 2 is 2.16 bits per heavy atom. The standard InChI is InChI=1S/C15H21NO3/c1-11-16(15(2,3)10-19-11)14(17)9-12-7-5-6-8-13(12)18-4/h5-8,11H,9-10H2,1-4H3. The smallest absolute Gasteiger partial charge is 0.229 e. The van der Waals surface area contributed by atoms with Gasteiger partial charge >= 0.3 is 0 Å². The molecule has 1 aliphatic heterocycles. The van der Waals surface area contributed by atoms with Gasteiger partial charge in [-0.1, -0.05) is 18.2 Å². The molecular weight excluding hydrogens is 242 g/mol. The number of amides is 1. The van der Waals surface area contributed by atoms with Crippen LogP contribution in [0.1, 0.15) is 26.3 Å². The highest BCUT2D eigenvalue weighted by Gasteiger charge is 2.41.